The van der Waals surface area contributed by atoms with Crippen LogP contribution in [-0.2, 0) is 4.79 Å². The summed E-state index contributed by atoms with van der Waals surface area (Å²) in [6.45, 7) is 0.975. The van der Waals surface area contributed by atoms with Gasteiger partial charge >= 0.3 is 0 Å². The van der Waals surface area contributed by atoms with E-state index in [-0.39, 0.29) is 23.5 Å². The van der Waals surface area contributed by atoms with Crippen molar-refractivity contribution in [1.82, 2.24) is 9.88 Å². The van der Waals surface area contributed by atoms with E-state index >= 15 is 0 Å². The zero-order chi connectivity index (χ0) is 16.9. The summed E-state index contributed by atoms with van der Waals surface area (Å²) in [5.74, 6) is -0.898. The Kier molecular flexibility index (Phi) is 4.84. The van der Waals surface area contributed by atoms with Crippen molar-refractivity contribution in [1.29, 1.82) is 0 Å². The summed E-state index contributed by atoms with van der Waals surface area (Å²) in [4.78, 5) is 30.5. The fourth-order valence-electron chi connectivity index (χ4n) is 2.83. The molecule has 1 N–H and O–H groups in total. The number of hydrogen-bond acceptors (Lipinski definition) is 3. The molecule has 2 amide bonds. The van der Waals surface area contributed by atoms with E-state index in [0.717, 1.165) is 12.8 Å². The minimum Gasteiger partial charge on any atom is -0.338 e. The van der Waals surface area contributed by atoms with E-state index in [2.05, 4.69) is 10.3 Å². The average Bonchev–Trinajstić information content (AvgIpc) is 2.63. The Bertz CT molecular complexity index is 719. The molecule has 1 aromatic carbocycles. The minimum atomic E-state index is -0.375. The Hall–Kier alpha value is -2.76. The molecule has 0 radical (unpaired) electrons. The monoisotopic (exact) mass is 327 g/mol. The predicted octanol–water partition coefficient (Wildman–Crippen LogP) is 2.71. The number of nitrogens with zero attached hydrogens (tertiary/aromatic N) is 2. The highest BCUT2D eigenvalue weighted by atomic mass is 19.1. The van der Waals surface area contributed by atoms with Gasteiger partial charge in [0.05, 0.1) is 5.92 Å². The first kappa shape index (κ1) is 16.1. The number of anilines is 1. The highest BCUT2D eigenvalue weighted by Gasteiger charge is 2.29. The first-order valence-electron chi connectivity index (χ1n) is 7.89. The molecule has 2 heterocycles. The molecule has 1 fully saturated rings. The predicted molar refractivity (Wildman–Crippen MR) is 87.9 cm³/mol. The van der Waals surface area contributed by atoms with Crippen LogP contribution < -0.4 is 5.32 Å². The van der Waals surface area contributed by atoms with Gasteiger partial charge in [0.15, 0.2) is 0 Å². The van der Waals surface area contributed by atoms with Crippen LogP contribution in [0.1, 0.15) is 23.2 Å². The van der Waals surface area contributed by atoms with E-state index in [0.29, 0.717) is 24.3 Å². The van der Waals surface area contributed by atoms with Crippen LogP contribution in [0.4, 0.5) is 10.1 Å². The smallest absolute Gasteiger partial charge is 0.253 e. The normalized spacial score (nSPS) is 17.4. The molecule has 0 bridgehead atoms. The van der Waals surface area contributed by atoms with Crippen molar-refractivity contribution in [3.63, 3.8) is 0 Å². The molecule has 3 rings (SSSR count). The van der Waals surface area contributed by atoms with Crippen molar-refractivity contribution in [3.05, 3.63) is 60.2 Å². The second kappa shape index (κ2) is 7.21. The Morgan fingerprint density at radius 3 is 2.54 bits per heavy atom. The van der Waals surface area contributed by atoms with Gasteiger partial charge in [-0.2, -0.15) is 0 Å². The van der Waals surface area contributed by atoms with Crippen molar-refractivity contribution in [2.75, 3.05) is 18.4 Å². The Morgan fingerprint density at radius 2 is 1.83 bits per heavy atom. The van der Waals surface area contributed by atoms with Gasteiger partial charge in [-0.1, -0.05) is 0 Å². The van der Waals surface area contributed by atoms with Gasteiger partial charge in [0, 0.05) is 36.7 Å². The van der Waals surface area contributed by atoms with Crippen LogP contribution in [-0.4, -0.2) is 34.8 Å². The van der Waals surface area contributed by atoms with Crippen LogP contribution in [0.2, 0.25) is 0 Å². The maximum atomic E-state index is 13.0. The van der Waals surface area contributed by atoms with E-state index in [1.54, 1.807) is 29.4 Å². The quantitative estimate of drug-likeness (QED) is 0.943. The first-order valence-corrected chi connectivity index (χ1v) is 7.89. The van der Waals surface area contributed by atoms with Crippen LogP contribution in [0.15, 0.2) is 48.8 Å². The first-order chi connectivity index (χ1) is 11.6. The molecule has 124 valence electrons. The molecule has 5 nitrogen and oxygen atoms in total. The van der Waals surface area contributed by atoms with Gasteiger partial charge in [-0.05, 0) is 49.2 Å². The Labute approximate surface area is 139 Å². The molecular weight excluding hydrogens is 309 g/mol. The molecule has 24 heavy (non-hydrogen) atoms. The number of nitrogens with one attached hydrogen (secondary N) is 1. The number of likely N-dealkylation sites (tertiary alicyclic amines) is 1. The van der Waals surface area contributed by atoms with E-state index < -0.39 is 0 Å². The summed E-state index contributed by atoms with van der Waals surface area (Å²) in [5.41, 5.74) is 1.13. The summed E-state index contributed by atoms with van der Waals surface area (Å²) in [6, 6.07) is 8.93. The maximum absolute atomic E-state index is 13.0. The van der Waals surface area contributed by atoms with Gasteiger partial charge in [-0.15, -0.1) is 0 Å². The number of piperidine rings is 1. The summed E-state index contributed by atoms with van der Waals surface area (Å²) >= 11 is 0. The van der Waals surface area contributed by atoms with Crippen LogP contribution in [0, 0.1) is 11.7 Å². The third-order valence-corrected chi connectivity index (χ3v) is 4.12. The summed E-state index contributed by atoms with van der Waals surface area (Å²) in [6.07, 6.45) is 4.73. The fraction of sp³-hybridized carbons (Fsp3) is 0.278. The summed E-state index contributed by atoms with van der Waals surface area (Å²) in [5, 5.41) is 2.85. The van der Waals surface area contributed by atoms with Gasteiger partial charge in [-0.3, -0.25) is 14.6 Å². The lowest BCUT2D eigenvalue weighted by Gasteiger charge is -2.32. The molecule has 0 aliphatic carbocycles. The lowest BCUT2D eigenvalue weighted by atomic mass is 9.96. The molecule has 0 spiro atoms. The maximum Gasteiger partial charge on any atom is 0.253 e. The molecule has 6 heteroatoms. The number of aromatic nitrogens is 1. The molecule has 1 saturated heterocycles. The van der Waals surface area contributed by atoms with Crippen LogP contribution in [0.5, 0.6) is 0 Å². The van der Waals surface area contributed by atoms with Crippen molar-refractivity contribution in [2.24, 2.45) is 5.92 Å². The largest absolute Gasteiger partial charge is 0.338 e. The van der Waals surface area contributed by atoms with Crippen molar-refractivity contribution >= 4 is 17.5 Å². The van der Waals surface area contributed by atoms with E-state index in [1.807, 2.05) is 0 Å². The third kappa shape index (κ3) is 3.76. The molecule has 1 aromatic heterocycles. The number of carbonyl (C=O) groups is 2. The topological polar surface area (TPSA) is 62.3 Å². The number of pyridine rings is 1. The molecule has 1 aliphatic heterocycles. The number of benzene rings is 1. The van der Waals surface area contributed by atoms with Gasteiger partial charge in [-0.25, -0.2) is 4.39 Å². The lowest BCUT2D eigenvalue weighted by molar-refractivity contribution is -0.121. The summed E-state index contributed by atoms with van der Waals surface area (Å²) in [7, 11) is 0. The zero-order valence-electron chi connectivity index (χ0n) is 13.1. The molecule has 1 unspecified atom stereocenters. The Morgan fingerprint density at radius 1 is 1.12 bits per heavy atom. The van der Waals surface area contributed by atoms with Crippen LogP contribution in [0.25, 0.3) is 0 Å². The third-order valence-electron chi connectivity index (χ3n) is 4.12. The fourth-order valence-corrected chi connectivity index (χ4v) is 2.83. The second-order valence-electron chi connectivity index (χ2n) is 5.82. The standard InChI is InChI=1S/C18H18FN3O2/c19-15-5-3-13(4-6-15)18(24)22-11-1-2-14(12-22)17(23)21-16-7-9-20-10-8-16/h3-10,14H,1-2,11-12H2,(H,20,21,23). The Balaban J connectivity index is 1.64. The second-order valence-corrected chi connectivity index (χ2v) is 5.82. The van der Waals surface area contributed by atoms with E-state index in [4.69, 9.17) is 0 Å². The number of halogens is 1. The van der Waals surface area contributed by atoms with Crippen LogP contribution in [0.3, 0.4) is 0 Å². The van der Waals surface area contributed by atoms with Crippen molar-refractivity contribution in [2.45, 2.75) is 12.8 Å². The van der Waals surface area contributed by atoms with Gasteiger partial charge in [0.25, 0.3) is 5.91 Å². The lowest BCUT2D eigenvalue weighted by Crippen LogP contribution is -2.43. The molecule has 1 atom stereocenters. The van der Waals surface area contributed by atoms with Gasteiger partial charge in [0.2, 0.25) is 5.91 Å². The molecular formula is C18H18FN3O2. The summed E-state index contributed by atoms with van der Waals surface area (Å²) < 4.78 is 13.0. The van der Waals surface area contributed by atoms with Crippen LogP contribution >= 0.6 is 0 Å². The average molecular weight is 327 g/mol. The van der Waals surface area contributed by atoms with E-state index in [1.165, 1.54) is 24.3 Å². The molecule has 0 saturated carbocycles. The van der Waals surface area contributed by atoms with Gasteiger partial charge < -0.3 is 10.2 Å². The SMILES string of the molecule is O=C(Nc1ccncc1)C1CCCN(C(=O)c2ccc(F)cc2)C1. The number of carbonyl (C=O) groups excluding carboxylic acids is 2. The number of rotatable bonds is 3. The van der Waals surface area contributed by atoms with Crippen molar-refractivity contribution < 1.29 is 14.0 Å². The van der Waals surface area contributed by atoms with Gasteiger partial charge in [0.1, 0.15) is 5.82 Å². The number of amides is 2. The highest BCUT2D eigenvalue weighted by Crippen LogP contribution is 2.20. The number of hydrogen-bond donors (Lipinski definition) is 1. The zero-order valence-corrected chi connectivity index (χ0v) is 13.1. The minimum absolute atomic E-state index is 0.0993. The molecule has 1 aliphatic rings. The van der Waals surface area contributed by atoms with E-state index in [9.17, 15) is 14.0 Å². The van der Waals surface area contributed by atoms with Crippen molar-refractivity contribution in [3.8, 4) is 0 Å². The highest BCUT2D eigenvalue weighted by molar-refractivity contribution is 5.96. The molecule has 2 aromatic rings.